The zero-order chi connectivity index (χ0) is 12.7. The van der Waals surface area contributed by atoms with Crippen molar-refractivity contribution in [2.75, 3.05) is 11.9 Å². The standard InChI is InChI=1S/C12H20BrNO3/c1-2-17-12(16)14-10-7-5-3-4-6-9(10)11(15)8-13/h9-10H,2-8H2,1H3,(H,14,16). The second-order valence-corrected chi connectivity index (χ2v) is 4.88. The van der Waals surface area contributed by atoms with Crippen molar-refractivity contribution >= 4 is 27.8 Å². The minimum Gasteiger partial charge on any atom is -0.450 e. The molecule has 0 aromatic heterocycles. The quantitative estimate of drug-likeness (QED) is 0.642. The van der Waals surface area contributed by atoms with Gasteiger partial charge in [0, 0.05) is 12.0 Å². The lowest BCUT2D eigenvalue weighted by molar-refractivity contribution is -0.121. The molecule has 1 aliphatic carbocycles. The van der Waals surface area contributed by atoms with Crippen LogP contribution in [-0.4, -0.2) is 29.9 Å². The third kappa shape index (κ3) is 4.66. The van der Waals surface area contributed by atoms with Crippen LogP contribution in [0.1, 0.15) is 39.0 Å². The van der Waals surface area contributed by atoms with E-state index >= 15 is 0 Å². The van der Waals surface area contributed by atoms with Crippen molar-refractivity contribution in [3.8, 4) is 0 Å². The van der Waals surface area contributed by atoms with Gasteiger partial charge >= 0.3 is 6.09 Å². The van der Waals surface area contributed by atoms with E-state index in [1.807, 2.05) is 0 Å². The van der Waals surface area contributed by atoms with E-state index in [-0.39, 0.29) is 17.7 Å². The minimum absolute atomic E-state index is 0.0680. The summed E-state index contributed by atoms with van der Waals surface area (Å²) in [5, 5.41) is 3.18. The van der Waals surface area contributed by atoms with Crippen molar-refractivity contribution in [1.82, 2.24) is 5.32 Å². The number of halogens is 1. The fraction of sp³-hybridized carbons (Fsp3) is 0.833. The molecule has 0 bridgehead atoms. The monoisotopic (exact) mass is 305 g/mol. The number of hydrogen-bond acceptors (Lipinski definition) is 3. The van der Waals surface area contributed by atoms with Crippen LogP contribution in [0.2, 0.25) is 0 Å². The van der Waals surface area contributed by atoms with Gasteiger partial charge in [0.1, 0.15) is 5.78 Å². The molecule has 2 atom stereocenters. The average Bonchev–Trinajstić information content (AvgIpc) is 2.54. The Balaban J connectivity index is 2.61. The molecule has 1 amide bonds. The van der Waals surface area contributed by atoms with E-state index in [1.165, 1.54) is 0 Å². The Labute approximate surface area is 111 Å². The number of alkyl carbamates (subject to hydrolysis) is 1. The fourth-order valence-corrected chi connectivity index (χ4v) is 2.70. The molecule has 1 saturated carbocycles. The van der Waals surface area contributed by atoms with Crippen LogP contribution < -0.4 is 5.32 Å². The van der Waals surface area contributed by atoms with Crippen molar-refractivity contribution in [2.24, 2.45) is 5.92 Å². The highest BCUT2D eigenvalue weighted by molar-refractivity contribution is 9.09. The van der Waals surface area contributed by atoms with E-state index in [4.69, 9.17) is 4.74 Å². The van der Waals surface area contributed by atoms with Crippen LogP contribution in [0.25, 0.3) is 0 Å². The van der Waals surface area contributed by atoms with Crippen LogP contribution >= 0.6 is 15.9 Å². The Hall–Kier alpha value is -0.580. The lowest BCUT2D eigenvalue weighted by Crippen LogP contribution is -2.43. The van der Waals surface area contributed by atoms with Gasteiger partial charge in [-0.2, -0.15) is 0 Å². The fourth-order valence-electron chi connectivity index (χ4n) is 2.29. The van der Waals surface area contributed by atoms with Crippen LogP contribution in [0.15, 0.2) is 0 Å². The third-order valence-corrected chi connectivity index (χ3v) is 3.69. The van der Waals surface area contributed by atoms with Crippen LogP contribution in [0.3, 0.4) is 0 Å². The molecule has 98 valence electrons. The highest BCUT2D eigenvalue weighted by Gasteiger charge is 2.30. The van der Waals surface area contributed by atoms with Gasteiger partial charge in [0.15, 0.2) is 0 Å². The van der Waals surface area contributed by atoms with Crippen molar-refractivity contribution < 1.29 is 14.3 Å². The lowest BCUT2D eigenvalue weighted by Gasteiger charge is -2.24. The first-order chi connectivity index (χ1) is 8.19. The Morgan fingerprint density at radius 3 is 2.65 bits per heavy atom. The zero-order valence-corrected chi connectivity index (χ0v) is 11.8. The molecule has 5 heteroatoms. The molecule has 0 saturated heterocycles. The van der Waals surface area contributed by atoms with Crippen molar-refractivity contribution in [1.29, 1.82) is 0 Å². The second kappa shape index (κ2) is 7.69. The first kappa shape index (κ1) is 14.5. The molecule has 0 aromatic rings. The molecule has 0 heterocycles. The Morgan fingerprint density at radius 1 is 1.29 bits per heavy atom. The summed E-state index contributed by atoms with van der Waals surface area (Å²) in [7, 11) is 0. The summed E-state index contributed by atoms with van der Waals surface area (Å²) in [5.41, 5.74) is 0. The van der Waals surface area contributed by atoms with Crippen molar-refractivity contribution in [3.63, 3.8) is 0 Å². The number of amides is 1. The van der Waals surface area contributed by atoms with Gasteiger partial charge in [-0.25, -0.2) is 4.79 Å². The van der Waals surface area contributed by atoms with E-state index in [1.54, 1.807) is 6.92 Å². The molecule has 0 aliphatic heterocycles. The maximum absolute atomic E-state index is 11.8. The summed E-state index contributed by atoms with van der Waals surface area (Å²) in [6.45, 7) is 2.13. The SMILES string of the molecule is CCOC(=O)NC1CCCCCC1C(=O)CBr. The normalized spacial score (nSPS) is 24.8. The number of Topliss-reactive ketones (excluding diaryl/α,β-unsaturated/α-hetero) is 1. The van der Waals surface area contributed by atoms with Crippen molar-refractivity contribution in [3.05, 3.63) is 0 Å². The molecule has 17 heavy (non-hydrogen) atoms. The molecule has 4 nitrogen and oxygen atoms in total. The topological polar surface area (TPSA) is 55.4 Å². The van der Waals surface area contributed by atoms with Gasteiger partial charge < -0.3 is 10.1 Å². The van der Waals surface area contributed by atoms with Gasteiger partial charge in [0.2, 0.25) is 0 Å². The third-order valence-electron chi connectivity index (χ3n) is 3.14. The molecular weight excluding hydrogens is 286 g/mol. The summed E-state index contributed by atoms with van der Waals surface area (Å²) >= 11 is 3.21. The first-order valence-electron chi connectivity index (χ1n) is 6.21. The number of ketones is 1. The molecular formula is C12H20BrNO3. The maximum Gasteiger partial charge on any atom is 0.407 e. The summed E-state index contributed by atoms with van der Waals surface area (Å²) < 4.78 is 4.87. The van der Waals surface area contributed by atoms with Gasteiger partial charge in [0.25, 0.3) is 0 Å². The van der Waals surface area contributed by atoms with E-state index < -0.39 is 6.09 Å². The Morgan fingerprint density at radius 2 is 2.00 bits per heavy atom. The molecule has 1 aliphatic rings. The summed E-state index contributed by atoms with van der Waals surface area (Å²) in [4.78, 5) is 23.3. The maximum atomic E-state index is 11.8. The van der Waals surface area contributed by atoms with Gasteiger partial charge in [-0.05, 0) is 19.8 Å². The van der Waals surface area contributed by atoms with E-state index in [9.17, 15) is 9.59 Å². The Bertz CT molecular complexity index is 270. The van der Waals surface area contributed by atoms with Gasteiger partial charge in [-0.3, -0.25) is 4.79 Å². The second-order valence-electron chi connectivity index (χ2n) is 4.32. The van der Waals surface area contributed by atoms with Crippen LogP contribution in [0.5, 0.6) is 0 Å². The molecule has 0 aromatic carbocycles. The Kier molecular flexibility index (Phi) is 6.55. The molecule has 0 spiro atoms. The molecule has 1 rings (SSSR count). The molecule has 1 fully saturated rings. The van der Waals surface area contributed by atoms with Crippen molar-refractivity contribution in [2.45, 2.75) is 45.1 Å². The number of nitrogens with one attached hydrogen (secondary N) is 1. The number of ether oxygens (including phenoxy) is 1. The van der Waals surface area contributed by atoms with Crippen LogP contribution in [-0.2, 0) is 9.53 Å². The molecule has 0 radical (unpaired) electrons. The number of rotatable bonds is 4. The lowest BCUT2D eigenvalue weighted by atomic mass is 9.91. The van der Waals surface area contributed by atoms with E-state index in [0.29, 0.717) is 11.9 Å². The number of carbonyl (C=O) groups excluding carboxylic acids is 2. The predicted molar refractivity (Wildman–Crippen MR) is 69.3 cm³/mol. The predicted octanol–water partition coefficient (Wildman–Crippen LogP) is 2.65. The largest absolute Gasteiger partial charge is 0.450 e. The first-order valence-corrected chi connectivity index (χ1v) is 7.33. The van der Waals surface area contributed by atoms with E-state index in [2.05, 4.69) is 21.2 Å². The van der Waals surface area contributed by atoms with E-state index in [0.717, 1.165) is 32.1 Å². The van der Waals surface area contributed by atoms with Gasteiger partial charge in [-0.1, -0.05) is 35.2 Å². The van der Waals surface area contributed by atoms with Gasteiger partial charge in [-0.15, -0.1) is 0 Å². The minimum atomic E-state index is -0.410. The highest BCUT2D eigenvalue weighted by Crippen LogP contribution is 2.25. The number of hydrogen-bond donors (Lipinski definition) is 1. The average molecular weight is 306 g/mol. The smallest absolute Gasteiger partial charge is 0.407 e. The number of carbonyl (C=O) groups is 2. The summed E-state index contributed by atoms with van der Waals surface area (Å²) in [5.74, 6) is 0.106. The molecule has 1 N–H and O–H groups in total. The summed E-state index contributed by atoms with van der Waals surface area (Å²) in [6, 6.07) is -0.0680. The van der Waals surface area contributed by atoms with Crippen LogP contribution in [0, 0.1) is 5.92 Å². The zero-order valence-electron chi connectivity index (χ0n) is 10.2. The van der Waals surface area contributed by atoms with Gasteiger partial charge in [0.05, 0.1) is 11.9 Å². The van der Waals surface area contributed by atoms with Crippen LogP contribution in [0.4, 0.5) is 4.79 Å². The highest BCUT2D eigenvalue weighted by atomic mass is 79.9. The number of alkyl halides is 1. The molecule has 2 unspecified atom stereocenters. The summed E-state index contributed by atoms with van der Waals surface area (Å²) in [6.07, 6.45) is 4.57.